The van der Waals surface area contributed by atoms with Gasteiger partial charge in [-0.15, -0.1) is 6.58 Å². The molecule has 0 heterocycles. The van der Waals surface area contributed by atoms with E-state index in [1.54, 1.807) is 0 Å². The van der Waals surface area contributed by atoms with Crippen molar-refractivity contribution in [3.05, 3.63) is 43.0 Å². The highest BCUT2D eigenvalue weighted by Crippen LogP contribution is 2.11. The summed E-state index contributed by atoms with van der Waals surface area (Å²) in [5.41, 5.74) is 0. The Hall–Kier alpha value is -0.890. The van der Waals surface area contributed by atoms with E-state index in [1.165, 1.54) is 38.5 Å². The summed E-state index contributed by atoms with van der Waals surface area (Å²) in [7, 11) is -0.806. The molecule has 0 saturated heterocycles. The Morgan fingerprint density at radius 3 is 2.11 bits per heavy atom. The number of unbranched alkanes of at least 4 members (excludes halogenated alkanes) is 7. The molecule has 0 amide bonds. The summed E-state index contributed by atoms with van der Waals surface area (Å²) in [6.07, 6.45) is 12.0. The number of hydrogen-bond acceptors (Lipinski definition) is 1. The van der Waals surface area contributed by atoms with Crippen LogP contribution in [0.3, 0.4) is 0 Å². The molecule has 0 spiro atoms. The van der Waals surface area contributed by atoms with E-state index in [1.807, 2.05) is 36.4 Å². The van der Waals surface area contributed by atoms with Gasteiger partial charge in [-0.1, -0.05) is 56.4 Å². The van der Waals surface area contributed by atoms with Crippen LogP contribution in [0, 0.1) is 0 Å². The summed E-state index contributed by atoms with van der Waals surface area (Å²) in [5, 5.41) is 0. The maximum absolute atomic E-state index is 12.0. The van der Waals surface area contributed by atoms with Crippen LogP contribution in [0.25, 0.3) is 0 Å². The Balaban J connectivity index is 1.96. The summed E-state index contributed by atoms with van der Waals surface area (Å²) in [4.78, 5) is 0.965. The van der Waals surface area contributed by atoms with Gasteiger partial charge >= 0.3 is 0 Å². The minimum Gasteiger partial charge on any atom is -0.254 e. The largest absolute Gasteiger partial charge is 0.254 e. The zero-order valence-corrected chi connectivity index (χ0v) is 12.7. The molecule has 1 unspecified atom stereocenters. The summed E-state index contributed by atoms with van der Waals surface area (Å²) in [6, 6.07) is 9.78. The van der Waals surface area contributed by atoms with Gasteiger partial charge in [0.05, 0.1) is 10.8 Å². The van der Waals surface area contributed by atoms with Gasteiger partial charge < -0.3 is 0 Å². The van der Waals surface area contributed by atoms with Gasteiger partial charge in [0.1, 0.15) is 0 Å². The lowest BCUT2D eigenvalue weighted by molar-refractivity contribution is 0.591. The minimum atomic E-state index is -0.806. The SMILES string of the molecule is C=CCCCCCCCCCS(=O)c1ccccc1. The smallest absolute Gasteiger partial charge is 0.0529 e. The van der Waals surface area contributed by atoms with Crippen LogP contribution in [0.2, 0.25) is 0 Å². The van der Waals surface area contributed by atoms with E-state index in [2.05, 4.69) is 6.58 Å². The van der Waals surface area contributed by atoms with E-state index in [4.69, 9.17) is 0 Å². The van der Waals surface area contributed by atoms with Crippen molar-refractivity contribution < 1.29 is 4.21 Å². The van der Waals surface area contributed by atoms with Gasteiger partial charge in [0.2, 0.25) is 0 Å². The van der Waals surface area contributed by atoms with Crippen molar-refractivity contribution in [2.75, 3.05) is 5.75 Å². The lowest BCUT2D eigenvalue weighted by Gasteiger charge is -2.03. The first-order valence-electron chi connectivity index (χ1n) is 7.39. The summed E-state index contributed by atoms with van der Waals surface area (Å²) in [5.74, 6) is 0.806. The van der Waals surface area contributed by atoms with Crippen LogP contribution in [0.5, 0.6) is 0 Å². The van der Waals surface area contributed by atoms with Crippen LogP contribution in [0.1, 0.15) is 51.4 Å². The van der Waals surface area contributed by atoms with Gasteiger partial charge in [-0.05, 0) is 31.4 Å². The molecule has 0 saturated carbocycles. The van der Waals surface area contributed by atoms with Crippen LogP contribution in [0.15, 0.2) is 47.9 Å². The second-order valence-corrected chi connectivity index (χ2v) is 6.49. The lowest BCUT2D eigenvalue weighted by Crippen LogP contribution is -1.97. The molecule has 0 aliphatic heterocycles. The molecule has 1 rings (SSSR count). The molecule has 1 aromatic rings. The van der Waals surface area contributed by atoms with Crippen LogP contribution in [-0.4, -0.2) is 9.96 Å². The van der Waals surface area contributed by atoms with Crippen molar-refractivity contribution in [2.45, 2.75) is 56.3 Å². The highest BCUT2D eigenvalue weighted by Gasteiger charge is 2.02. The molecule has 0 radical (unpaired) electrons. The average Bonchev–Trinajstić information content (AvgIpc) is 2.46. The monoisotopic (exact) mass is 278 g/mol. The molecule has 0 aromatic heterocycles. The van der Waals surface area contributed by atoms with Crippen molar-refractivity contribution in [2.24, 2.45) is 0 Å². The second kappa shape index (κ2) is 11.0. The molecule has 1 atom stereocenters. The molecule has 0 aliphatic rings. The van der Waals surface area contributed by atoms with Gasteiger partial charge in [0, 0.05) is 10.6 Å². The van der Waals surface area contributed by atoms with E-state index in [-0.39, 0.29) is 0 Å². The molecule has 19 heavy (non-hydrogen) atoms. The topological polar surface area (TPSA) is 17.1 Å². The Labute approximate surface area is 120 Å². The van der Waals surface area contributed by atoms with Gasteiger partial charge in [0.25, 0.3) is 0 Å². The van der Waals surface area contributed by atoms with Crippen molar-refractivity contribution in [3.8, 4) is 0 Å². The summed E-state index contributed by atoms with van der Waals surface area (Å²) < 4.78 is 12.0. The molecule has 1 nitrogen and oxygen atoms in total. The fourth-order valence-corrected chi connectivity index (χ4v) is 3.26. The highest BCUT2D eigenvalue weighted by atomic mass is 32.2. The lowest BCUT2D eigenvalue weighted by atomic mass is 10.1. The Kier molecular flexibility index (Phi) is 9.34. The maximum Gasteiger partial charge on any atom is 0.0529 e. The predicted molar refractivity (Wildman–Crippen MR) is 84.9 cm³/mol. The molecule has 106 valence electrons. The molecular weight excluding hydrogens is 252 g/mol. The maximum atomic E-state index is 12.0. The molecule has 0 N–H and O–H groups in total. The number of rotatable bonds is 11. The molecule has 2 heteroatoms. The quantitative estimate of drug-likeness (QED) is 0.406. The van der Waals surface area contributed by atoms with Crippen molar-refractivity contribution in [1.29, 1.82) is 0 Å². The third kappa shape index (κ3) is 7.99. The van der Waals surface area contributed by atoms with Crippen molar-refractivity contribution in [3.63, 3.8) is 0 Å². The van der Waals surface area contributed by atoms with Crippen LogP contribution < -0.4 is 0 Å². The standard InChI is InChI=1S/C17H26OS/c1-2-3-4-5-6-7-8-9-13-16-19(18)17-14-11-10-12-15-17/h2,10-12,14-15H,1,3-9,13,16H2. The molecule has 0 aliphatic carbocycles. The van der Waals surface area contributed by atoms with E-state index in [0.29, 0.717) is 0 Å². The molecule has 0 fully saturated rings. The van der Waals surface area contributed by atoms with Gasteiger partial charge in [-0.25, -0.2) is 0 Å². The second-order valence-electron chi connectivity index (χ2n) is 4.91. The summed E-state index contributed by atoms with van der Waals surface area (Å²) >= 11 is 0. The van der Waals surface area contributed by atoms with Crippen molar-refractivity contribution in [1.82, 2.24) is 0 Å². The predicted octanol–water partition coefficient (Wildman–Crippen LogP) is 5.10. The number of hydrogen-bond donors (Lipinski definition) is 0. The van der Waals surface area contributed by atoms with E-state index < -0.39 is 10.8 Å². The van der Waals surface area contributed by atoms with E-state index >= 15 is 0 Å². The number of benzene rings is 1. The first-order chi connectivity index (χ1) is 9.34. The zero-order valence-electron chi connectivity index (χ0n) is 11.9. The average molecular weight is 278 g/mol. The minimum absolute atomic E-state index is 0.806. The zero-order chi connectivity index (χ0) is 13.8. The molecule has 0 bridgehead atoms. The van der Waals surface area contributed by atoms with Crippen molar-refractivity contribution >= 4 is 10.8 Å². The first kappa shape index (κ1) is 16.2. The fourth-order valence-electron chi connectivity index (χ4n) is 2.10. The Morgan fingerprint density at radius 1 is 0.895 bits per heavy atom. The van der Waals surface area contributed by atoms with Crippen LogP contribution in [-0.2, 0) is 10.8 Å². The molecular formula is C17H26OS. The Morgan fingerprint density at radius 2 is 1.47 bits per heavy atom. The highest BCUT2D eigenvalue weighted by molar-refractivity contribution is 7.85. The summed E-state index contributed by atoms with van der Waals surface area (Å²) in [6.45, 7) is 3.73. The van der Waals surface area contributed by atoms with Crippen LogP contribution in [0.4, 0.5) is 0 Å². The van der Waals surface area contributed by atoms with E-state index in [9.17, 15) is 4.21 Å². The molecule has 1 aromatic carbocycles. The van der Waals surface area contributed by atoms with Gasteiger partial charge in [0.15, 0.2) is 0 Å². The Bertz CT molecular complexity index is 359. The van der Waals surface area contributed by atoms with Gasteiger partial charge in [-0.3, -0.25) is 4.21 Å². The van der Waals surface area contributed by atoms with Crippen LogP contribution >= 0.6 is 0 Å². The van der Waals surface area contributed by atoms with Gasteiger partial charge in [-0.2, -0.15) is 0 Å². The third-order valence-corrected chi connectivity index (χ3v) is 4.70. The normalized spacial score (nSPS) is 12.2. The first-order valence-corrected chi connectivity index (χ1v) is 8.71. The third-order valence-electron chi connectivity index (χ3n) is 3.24. The number of allylic oxidation sites excluding steroid dienone is 1. The van der Waals surface area contributed by atoms with E-state index in [0.717, 1.165) is 23.5 Å². The fraction of sp³-hybridized carbons (Fsp3) is 0.529.